The van der Waals surface area contributed by atoms with Crippen LogP contribution in [0.2, 0.25) is 0 Å². The van der Waals surface area contributed by atoms with Gasteiger partial charge in [-0.2, -0.15) is 0 Å². The van der Waals surface area contributed by atoms with Crippen LogP contribution in [-0.4, -0.2) is 39.0 Å². The van der Waals surface area contributed by atoms with E-state index in [1.807, 2.05) is 12.4 Å². The lowest BCUT2D eigenvalue weighted by Gasteiger charge is -2.32. The Labute approximate surface area is 139 Å². The summed E-state index contributed by atoms with van der Waals surface area (Å²) in [6.45, 7) is 3.23. The van der Waals surface area contributed by atoms with Crippen molar-refractivity contribution in [1.82, 2.24) is 19.9 Å². The van der Waals surface area contributed by atoms with Crippen molar-refractivity contribution >= 4 is 27.4 Å². The Morgan fingerprint density at radius 3 is 2.78 bits per heavy atom. The summed E-state index contributed by atoms with van der Waals surface area (Å²) in [6.07, 6.45) is 7.66. The fourth-order valence-electron chi connectivity index (χ4n) is 3.08. The van der Waals surface area contributed by atoms with Crippen molar-refractivity contribution in [2.75, 3.05) is 18.4 Å². The monoisotopic (exact) mass is 325 g/mol. The average Bonchev–Trinajstić information content (AvgIpc) is 3.07. The number of hydrogen-bond donors (Lipinski definition) is 1. The Bertz CT molecular complexity index is 765. The molecule has 1 N–H and O–H groups in total. The van der Waals surface area contributed by atoms with E-state index in [-0.39, 0.29) is 0 Å². The van der Waals surface area contributed by atoms with Crippen molar-refractivity contribution in [3.05, 3.63) is 47.9 Å². The average molecular weight is 325 g/mol. The zero-order chi connectivity index (χ0) is 15.5. The van der Waals surface area contributed by atoms with Crippen LogP contribution < -0.4 is 5.32 Å². The Hall–Kier alpha value is -2.05. The van der Waals surface area contributed by atoms with Crippen LogP contribution in [0.5, 0.6) is 0 Å². The number of likely N-dealkylation sites (tertiary alicyclic amines) is 1. The van der Waals surface area contributed by atoms with Crippen LogP contribution in [0.1, 0.15) is 18.4 Å². The third-order valence-electron chi connectivity index (χ3n) is 4.35. The minimum atomic E-state index is 0.488. The van der Waals surface area contributed by atoms with Gasteiger partial charge in [0.25, 0.3) is 0 Å². The van der Waals surface area contributed by atoms with E-state index in [1.54, 1.807) is 17.7 Å². The molecule has 118 valence electrons. The maximum Gasteiger partial charge on any atom is 0.138 e. The summed E-state index contributed by atoms with van der Waals surface area (Å²) in [5.41, 5.74) is 1.34. The Morgan fingerprint density at radius 2 is 1.96 bits per heavy atom. The molecule has 1 aliphatic heterocycles. The van der Waals surface area contributed by atoms with Gasteiger partial charge in [0.15, 0.2) is 0 Å². The van der Waals surface area contributed by atoms with Crippen LogP contribution >= 0.6 is 11.3 Å². The Morgan fingerprint density at radius 1 is 1.13 bits per heavy atom. The molecule has 6 heteroatoms. The van der Waals surface area contributed by atoms with Gasteiger partial charge in [0.05, 0.1) is 5.39 Å². The number of nitrogens with zero attached hydrogens (tertiary/aromatic N) is 4. The zero-order valence-corrected chi connectivity index (χ0v) is 13.7. The lowest BCUT2D eigenvalue weighted by Crippen LogP contribution is -2.38. The van der Waals surface area contributed by atoms with E-state index in [0.717, 1.165) is 48.5 Å². The van der Waals surface area contributed by atoms with Gasteiger partial charge < -0.3 is 5.32 Å². The second-order valence-corrected chi connectivity index (χ2v) is 6.81. The molecule has 1 saturated heterocycles. The molecule has 0 aliphatic carbocycles. The molecule has 0 unspecified atom stereocenters. The number of hydrogen-bond acceptors (Lipinski definition) is 6. The van der Waals surface area contributed by atoms with Gasteiger partial charge in [-0.05, 0) is 42.0 Å². The molecule has 5 nitrogen and oxygen atoms in total. The minimum Gasteiger partial charge on any atom is -0.367 e. The highest BCUT2D eigenvalue weighted by Gasteiger charge is 2.20. The molecule has 3 aromatic rings. The molecule has 1 aliphatic rings. The van der Waals surface area contributed by atoms with Crippen molar-refractivity contribution in [1.29, 1.82) is 0 Å². The van der Waals surface area contributed by atoms with Gasteiger partial charge in [-0.25, -0.2) is 9.97 Å². The first-order valence-electron chi connectivity index (χ1n) is 7.94. The van der Waals surface area contributed by atoms with Crippen molar-refractivity contribution in [3.63, 3.8) is 0 Å². The molecule has 0 amide bonds. The smallest absolute Gasteiger partial charge is 0.138 e. The number of fused-ring (bicyclic) bond motifs is 1. The van der Waals surface area contributed by atoms with Crippen molar-refractivity contribution in [3.8, 4) is 0 Å². The van der Waals surface area contributed by atoms with Gasteiger partial charge in [-0.15, -0.1) is 11.3 Å². The molecule has 0 aromatic carbocycles. The van der Waals surface area contributed by atoms with Crippen LogP contribution in [-0.2, 0) is 6.54 Å². The maximum atomic E-state index is 4.42. The number of pyridine rings is 1. The normalized spacial score (nSPS) is 16.7. The second-order valence-electron chi connectivity index (χ2n) is 5.91. The largest absolute Gasteiger partial charge is 0.367 e. The number of rotatable bonds is 4. The third-order valence-corrected chi connectivity index (χ3v) is 5.17. The van der Waals surface area contributed by atoms with Crippen LogP contribution in [0.4, 0.5) is 5.82 Å². The molecular weight excluding hydrogens is 306 g/mol. The molecule has 23 heavy (non-hydrogen) atoms. The lowest BCUT2D eigenvalue weighted by atomic mass is 10.0. The SMILES string of the molecule is c1cc(CN2CCC(Nc3ncnc4sccc34)CC2)ccn1. The van der Waals surface area contributed by atoms with E-state index >= 15 is 0 Å². The van der Waals surface area contributed by atoms with Crippen LogP contribution in [0, 0.1) is 0 Å². The van der Waals surface area contributed by atoms with Gasteiger partial charge in [0.1, 0.15) is 17.0 Å². The predicted molar refractivity (Wildman–Crippen MR) is 93.6 cm³/mol. The molecule has 0 radical (unpaired) electrons. The zero-order valence-electron chi connectivity index (χ0n) is 12.9. The first-order valence-corrected chi connectivity index (χ1v) is 8.82. The topological polar surface area (TPSA) is 53.9 Å². The van der Waals surface area contributed by atoms with E-state index in [4.69, 9.17) is 0 Å². The summed E-state index contributed by atoms with van der Waals surface area (Å²) in [6, 6.07) is 6.78. The third kappa shape index (κ3) is 3.33. The van der Waals surface area contributed by atoms with Gasteiger partial charge in [-0.1, -0.05) is 0 Å². The first kappa shape index (κ1) is 14.5. The maximum absolute atomic E-state index is 4.42. The highest BCUT2D eigenvalue weighted by molar-refractivity contribution is 7.16. The Balaban J connectivity index is 1.36. The Kier molecular flexibility index (Phi) is 4.17. The first-order chi connectivity index (χ1) is 11.4. The summed E-state index contributed by atoms with van der Waals surface area (Å²) in [7, 11) is 0. The number of nitrogens with one attached hydrogen (secondary N) is 1. The van der Waals surface area contributed by atoms with Gasteiger partial charge in [-0.3, -0.25) is 9.88 Å². The summed E-state index contributed by atoms with van der Waals surface area (Å²) in [4.78, 5) is 16.4. The highest BCUT2D eigenvalue weighted by Crippen LogP contribution is 2.26. The fraction of sp³-hybridized carbons (Fsp3) is 0.353. The van der Waals surface area contributed by atoms with Gasteiger partial charge in [0, 0.05) is 38.1 Å². The molecule has 0 spiro atoms. The van der Waals surface area contributed by atoms with Crippen LogP contribution in [0.25, 0.3) is 10.2 Å². The molecule has 0 atom stereocenters. The van der Waals surface area contributed by atoms with Crippen molar-refractivity contribution < 1.29 is 0 Å². The molecule has 4 heterocycles. The van der Waals surface area contributed by atoms with Crippen molar-refractivity contribution in [2.45, 2.75) is 25.4 Å². The second kappa shape index (κ2) is 6.60. The summed E-state index contributed by atoms with van der Waals surface area (Å²) in [5.74, 6) is 0.976. The van der Waals surface area contributed by atoms with Crippen LogP contribution in [0.3, 0.4) is 0 Å². The van der Waals surface area contributed by atoms with E-state index in [2.05, 4.69) is 48.7 Å². The lowest BCUT2D eigenvalue weighted by molar-refractivity contribution is 0.211. The summed E-state index contributed by atoms with van der Waals surface area (Å²) >= 11 is 1.66. The molecule has 4 rings (SSSR count). The number of thiophene rings is 1. The summed E-state index contributed by atoms with van der Waals surface area (Å²) < 4.78 is 0. The number of anilines is 1. The minimum absolute atomic E-state index is 0.488. The molecule has 3 aromatic heterocycles. The van der Waals surface area contributed by atoms with E-state index in [0.29, 0.717) is 6.04 Å². The van der Waals surface area contributed by atoms with Crippen molar-refractivity contribution in [2.24, 2.45) is 0 Å². The molecule has 0 saturated carbocycles. The summed E-state index contributed by atoms with van der Waals surface area (Å²) in [5, 5.41) is 6.82. The molecular formula is C17H19N5S. The molecule has 1 fully saturated rings. The molecule has 0 bridgehead atoms. The number of aromatic nitrogens is 3. The quantitative estimate of drug-likeness (QED) is 0.798. The van der Waals surface area contributed by atoms with Gasteiger partial charge >= 0.3 is 0 Å². The van der Waals surface area contributed by atoms with E-state index in [1.165, 1.54) is 5.56 Å². The van der Waals surface area contributed by atoms with E-state index < -0.39 is 0 Å². The number of piperidine rings is 1. The van der Waals surface area contributed by atoms with E-state index in [9.17, 15) is 0 Å². The van der Waals surface area contributed by atoms with Crippen LogP contribution in [0.15, 0.2) is 42.3 Å². The fourth-order valence-corrected chi connectivity index (χ4v) is 3.81. The van der Waals surface area contributed by atoms with Gasteiger partial charge in [0.2, 0.25) is 0 Å². The predicted octanol–water partition coefficient (Wildman–Crippen LogP) is 3.16. The standard InChI is InChI=1S/C17H19N5S/c1-6-18-7-2-13(1)11-22-8-3-14(4-9-22)21-16-15-5-10-23-17(15)20-12-19-16/h1-2,5-7,10,12,14H,3-4,8-9,11H2,(H,19,20,21). The highest BCUT2D eigenvalue weighted by atomic mass is 32.1.